The fourth-order valence-electron chi connectivity index (χ4n) is 8.31. The van der Waals surface area contributed by atoms with E-state index in [1.54, 1.807) is 0 Å². The van der Waals surface area contributed by atoms with Gasteiger partial charge in [0.1, 0.15) is 17.3 Å². The molecule has 0 radical (unpaired) electrons. The number of imidazole rings is 1. The second-order valence-corrected chi connectivity index (χ2v) is 16.2. The molecule has 0 fully saturated rings. The van der Waals surface area contributed by atoms with Gasteiger partial charge < -0.3 is 4.74 Å². The fourth-order valence-corrected chi connectivity index (χ4v) is 8.31. The average Bonchev–Trinajstić information content (AvgIpc) is 3.82. The lowest BCUT2D eigenvalue weighted by Gasteiger charge is -2.19. The van der Waals surface area contributed by atoms with Crippen LogP contribution < -0.4 is 9.30 Å². The molecule has 0 saturated carbocycles. The molecule has 0 bridgehead atoms. The SMILES string of the molecule is CCc1ccnc(-n2c3ccc(C(C)(C)C)cc3c3ccc(Oc4cccc(-n5[c-][n+](-c6c(-c7ccccc7)cccc6-c6ccccc6)c6ccccc65)c4)cc32)c1. The molecule has 0 aliphatic carbocycles. The van der Waals surface area contributed by atoms with Crippen LogP contribution in [-0.2, 0) is 11.8 Å². The van der Waals surface area contributed by atoms with E-state index in [4.69, 9.17) is 9.72 Å². The summed E-state index contributed by atoms with van der Waals surface area (Å²) in [4.78, 5) is 4.87. The van der Waals surface area contributed by atoms with E-state index in [0.717, 1.165) is 79.4 Å². The van der Waals surface area contributed by atoms with Gasteiger partial charge in [-0.1, -0.05) is 143 Å². The molecule has 0 aliphatic rings. The summed E-state index contributed by atoms with van der Waals surface area (Å²) in [5.41, 5.74) is 13.4. The first-order valence-corrected chi connectivity index (χ1v) is 20.4. The number of rotatable bonds is 8. The molecular formula is C54H44N4O. The highest BCUT2D eigenvalue weighted by molar-refractivity contribution is 6.09. The van der Waals surface area contributed by atoms with E-state index in [9.17, 15) is 0 Å². The molecule has 0 spiro atoms. The predicted molar refractivity (Wildman–Crippen MR) is 241 cm³/mol. The van der Waals surface area contributed by atoms with Crippen LogP contribution in [0.2, 0.25) is 0 Å². The highest BCUT2D eigenvalue weighted by Gasteiger charge is 2.21. The highest BCUT2D eigenvalue weighted by Crippen LogP contribution is 2.38. The Labute approximate surface area is 345 Å². The molecular weight excluding hydrogens is 721 g/mol. The Morgan fingerprint density at radius 1 is 0.593 bits per heavy atom. The molecule has 10 aromatic rings. The third kappa shape index (κ3) is 6.55. The van der Waals surface area contributed by atoms with Gasteiger partial charge >= 0.3 is 0 Å². The van der Waals surface area contributed by atoms with Crippen molar-refractivity contribution in [1.29, 1.82) is 0 Å². The number of ether oxygens (including phenoxy) is 1. The number of para-hydroxylation sites is 3. The predicted octanol–water partition coefficient (Wildman–Crippen LogP) is 13.2. The minimum absolute atomic E-state index is 0.0221. The van der Waals surface area contributed by atoms with Crippen LogP contribution in [0.3, 0.4) is 0 Å². The number of aryl methyl sites for hydroxylation is 1. The molecule has 0 saturated heterocycles. The molecule has 5 heteroatoms. The van der Waals surface area contributed by atoms with Crippen LogP contribution in [0.5, 0.6) is 11.5 Å². The van der Waals surface area contributed by atoms with Gasteiger partial charge in [0.05, 0.1) is 33.4 Å². The minimum Gasteiger partial charge on any atom is -0.458 e. The van der Waals surface area contributed by atoms with E-state index >= 15 is 0 Å². The van der Waals surface area contributed by atoms with E-state index in [2.05, 4.69) is 218 Å². The van der Waals surface area contributed by atoms with Crippen LogP contribution in [0.1, 0.15) is 38.8 Å². The molecule has 286 valence electrons. The maximum Gasteiger partial charge on any atom is 0.269 e. The summed E-state index contributed by atoms with van der Waals surface area (Å²) in [7, 11) is 0. The highest BCUT2D eigenvalue weighted by atomic mass is 16.5. The first kappa shape index (κ1) is 36.1. The van der Waals surface area contributed by atoms with Crippen LogP contribution in [0.25, 0.3) is 72.3 Å². The van der Waals surface area contributed by atoms with E-state index in [-0.39, 0.29) is 5.41 Å². The molecule has 10 rings (SSSR count). The van der Waals surface area contributed by atoms with Crippen molar-refractivity contribution >= 4 is 32.8 Å². The van der Waals surface area contributed by atoms with Gasteiger partial charge in [0.15, 0.2) is 0 Å². The molecule has 3 heterocycles. The Morgan fingerprint density at radius 3 is 2.02 bits per heavy atom. The molecule has 5 nitrogen and oxygen atoms in total. The Bertz CT molecular complexity index is 3090. The maximum absolute atomic E-state index is 6.75. The zero-order valence-electron chi connectivity index (χ0n) is 33.7. The zero-order valence-corrected chi connectivity index (χ0v) is 33.7. The monoisotopic (exact) mass is 764 g/mol. The van der Waals surface area contributed by atoms with Crippen LogP contribution in [0.15, 0.2) is 182 Å². The molecule has 59 heavy (non-hydrogen) atoms. The number of nitrogens with zero attached hydrogens (tertiary/aromatic N) is 4. The molecule has 0 N–H and O–H groups in total. The molecule has 3 aromatic heterocycles. The topological polar surface area (TPSA) is 35.9 Å². The van der Waals surface area contributed by atoms with E-state index in [1.807, 2.05) is 12.3 Å². The Kier molecular flexibility index (Phi) is 8.94. The van der Waals surface area contributed by atoms with Crippen molar-refractivity contribution in [3.05, 3.63) is 200 Å². The van der Waals surface area contributed by atoms with Gasteiger partial charge in [-0.15, -0.1) is 0 Å². The van der Waals surface area contributed by atoms with Crippen molar-refractivity contribution in [2.75, 3.05) is 0 Å². The number of benzene rings is 7. The summed E-state index contributed by atoms with van der Waals surface area (Å²) in [5.74, 6) is 2.39. The van der Waals surface area contributed by atoms with Gasteiger partial charge in [0.2, 0.25) is 0 Å². The fraction of sp³-hybridized carbons (Fsp3) is 0.111. The number of aromatic nitrogens is 4. The summed E-state index contributed by atoms with van der Waals surface area (Å²) in [6, 6.07) is 62.1. The maximum atomic E-state index is 6.75. The summed E-state index contributed by atoms with van der Waals surface area (Å²) < 4.78 is 13.4. The smallest absolute Gasteiger partial charge is 0.269 e. The molecule has 7 aromatic carbocycles. The number of hydrogen-bond donors (Lipinski definition) is 0. The molecule has 0 unspecified atom stereocenters. The minimum atomic E-state index is 0.0221. The third-order valence-electron chi connectivity index (χ3n) is 11.4. The summed E-state index contributed by atoms with van der Waals surface area (Å²) in [6.07, 6.45) is 6.64. The summed E-state index contributed by atoms with van der Waals surface area (Å²) >= 11 is 0. The van der Waals surface area contributed by atoms with Crippen molar-refractivity contribution in [3.63, 3.8) is 0 Å². The van der Waals surface area contributed by atoms with Crippen LogP contribution >= 0.6 is 0 Å². The second kappa shape index (κ2) is 14.6. The molecule has 0 atom stereocenters. The lowest BCUT2D eigenvalue weighted by Crippen LogP contribution is -2.31. The van der Waals surface area contributed by atoms with Gasteiger partial charge in [-0.05, 0) is 99.8 Å². The average molecular weight is 765 g/mol. The van der Waals surface area contributed by atoms with Gasteiger partial charge in [-0.3, -0.25) is 13.7 Å². The van der Waals surface area contributed by atoms with Crippen molar-refractivity contribution in [2.24, 2.45) is 0 Å². The van der Waals surface area contributed by atoms with Gasteiger partial charge in [-0.25, -0.2) is 4.98 Å². The molecule has 0 amide bonds. The van der Waals surface area contributed by atoms with Gasteiger partial charge in [0.25, 0.3) is 6.33 Å². The van der Waals surface area contributed by atoms with Crippen molar-refractivity contribution in [3.8, 4) is 50.9 Å². The van der Waals surface area contributed by atoms with E-state index < -0.39 is 0 Å². The third-order valence-corrected chi connectivity index (χ3v) is 11.4. The molecule has 0 aliphatic heterocycles. The van der Waals surface area contributed by atoms with Crippen LogP contribution in [0.4, 0.5) is 0 Å². The van der Waals surface area contributed by atoms with Gasteiger partial charge in [0, 0.05) is 23.0 Å². The van der Waals surface area contributed by atoms with Crippen LogP contribution in [0, 0.1) is 6.33 Å². The lowest BCUT2D eigenvalue weighted by atomic mass is 9.86. The Hall–Kier alpha value is -7.24. The zero-order chi connectivity index (χ0) is 40.1. The number of fused-ring (bicyclic) bond motifs is 4. The van der Waals surface area contributed by atoms with E-state index in [1.165, 1.54) is 21.9 Å². The first-order valence-electron chi connectivity index (χ1n) is 20.4. The van der Waals surface area contributed by atoms with Crippen molar-refractivity contribution < 1.29 is 9.30 Å². The Balaban J connectivity index is 1.09. The lowest BCUT2D eigenvalue weighted by molar-refractivity contribution is -0.571. The standard InChI is InChI=1S/C54H44N4O/c1-5-37-30-31-55-52(32-37)58-48-29-26-40(54(2,3)4)33-47(48)46-28-27-43(35-51(46)58)59-42-21-14-20-41(34-42)56-36-57(50-25-13-12-24-49(50)56)53-44(38-16-8-6-9-17-38)22-15-23-45(53)39-18-10-7-11-19-39/h6-35H,5H2,1-4H3. The normalized spacial score (nSPS) is 11.8. The van der Waals surface area contributed by atoms with Crippen LogP contribution in [-0.4, -0.2) is 14.1 Å². The van der Waals surface area contributed by atoms with Crippen molar-refractivity contribution in [2.45, 2.75) is 39.5 Å². The summed E-state index contributed by atoms with van der Waals surface area (Å²) in [6.45, 7) is 8.97. The number of pyridine rings is 1. The van der Waals surface area contributed by atoms with E-state index in [0.29, 0.717) is 0 Å². The largest absolute Gasteiger partial charge is 0.458 e. The number of hydrogen-bond acceptors (Lipinski definition) is 2. The van der Waals surface area contributed by atoms with Crippen molar-refractivity contribution in [1.82, 2.24) is 14.1 Å². The summed E-state index contributed by atoms with van der Waals surface area (Å²) in [5, 5.41) is 2.37. The second-order valence-electron chi connectivity index (χ2n) is 16.2. The first-order chi connectivity index (χ1) is 28.8. The Morgan fingerprint density at radius 2 is 1.29 bits per heavy atom. The van der Waals surface area contributed by atoms with Gasteiger partial charge in [-0.2, -0.15) is 0 Å². The quantitative estimate of drug-likeness (QED) is 0.114.